The van der Waals surface area contributed by atoms with Crippen LogP contribution >= 0.6 is 0 Å². The number of halogens is 3. The molecule has 0 spiro atoms. The van der Waals surface area contributed by atoms with Crippen LogP contribution < -0.4 is 5.32 Å². The molecule has 0 bridgehead atoms. The normalized spacial score (nSPS) is 24.2. The summed E-state index contributed by atoms with van der Waals surface area (Å²) in [7, 11) is 0. The third kappa shape index (κ3) is 4.00. The van der Waals surface area contributed by atoms with E-state index in [2.05, 4.69) is 5.32 Å². The third-order valence-electron chi connectivity index (χ3n) is 4.98. The molecule has 2 aliphatic heterocycles. The molecule has 142 valence electrons. The topological polar surface area (TPSA) is 52.7 Å². The molecule has 0 aliphatic carbocycles. The predicted octanol–water partition coefficient (Wildman–Crippen LogP) is 1.87. The number of nitrogens with one attached hydrogen (secondary N) is 1. The summed E-state index contributed by atoms with van der Waals surface area (Å²) in [5.74, 6) is -0.656. The molecule has 2 fully saturated rings. The second-order valence-electron chi connectivity index (χ2n) is 6.96. The monoisotopic (exact) mass is 369 g/mol. The lowest BCUT2D eigenvalue weighted by molar-refractivity contribution is -0.138. The predicted molar refractivity (Wildman–Crippen MR) is 89.0 cm³/mol. The van der Waals surface area contributed by atoms with Crippen molar-refractivity contribution >= 4 is 11.8 Å². The number of rotatable bonds is 3. The Morgan fingerprint density at radius 2 is 2.12 bits per heavy atom. The van der Waals surface area contributed by atoms with Crippen molar-refractivity contribution < 1.29 is 22.8 Å². The molecular formula is C18H22F3N3O2. The fraction of sp³-hybridized carbons (Fsp3) is 0.556. The van der Waals surface area contributed by atoms with Crippen molar-refractivity contribution in [2.45, 2.75) is 32.1 Å². The Bertz CT molecular complexity index is 693. The maximum atomic E-state index is 12.8. The maximum Gasteiger partial charge on any atom is 0.416 e. The minimum atomic E-state index is -4.41. The van der Waals surface area contributed by atoms with Gasteiger partial charge in [0.05, 0.1) is 11.5 Å². The minimum Gasteiger partial charge on any atom is -0.338 e. The quantitative estimate of drug-likeness (QED) is 0.885. The number of alkyl halides is 3. The van der Waals surface area contributed by atoms with Crippen LogP contribution in [0.15, 0.2) is 24.3 Å². The van der Waals surface area contributed by atoms with Gasteiger partial charge in [-0.05, 0) is 24.6 Å². The molecular weight excluding hydrogens is 347 g/mol. The Morgan fingerprint density at radius 3 is 2.81 bits per heavy atom. The lowest BCUT2D eigenvalue weighted by Gasteiger charge is -2.35. The van der Waals surface area contributed by atoms with E-state index >= 15 is 0 Å². The van der Waals surface area contributed by atoms with Crippen molar-refractivity contribution in [1.29, 1.82) is 0 Å². The van der Waals surface area contributed by atoms with Gasteiger partial charge in [0.25, 0.3) is 0 Å². The van der Waals surface area contributed by atoms with Gasteiger partial charge in [-0.2, -0.15) is 13.2 Å². The summed E-state index contributed by atoms with van der Waals surface area (Å²) in [4.78, 5) is 28.2. The fourth-order valence-corrected chi connectivity index (χ4v) is 3.56. The van der Waals surface area contributed by atoms with Crippen molar-refractivity contribution in [3.63, 3.8) is 0 Å². The highest BCUT2D eigenvalue weighted by Crippen LogP contribution is 2.30. The first-order valence-corrected chi connectivity index (χ1v) is 8.71. The summed E-state index contributed by atoms with van der Waals surface area (Å²) >= 11 is 0. The van der Waals surface area contributed by atoms with E-state index in [1.807, 2.05) is 6.92 Å². The van der Waals surface area contributed by atoms with Crippen LogP contribution in [-0.2, 0) is 22.3 Å². The van der Waals surface area contributed by atoms with E-state index in [1.165, 1.54) is 11.0 Å². The molecule has 2 atom stereocenters. The van der Waals surface area contributed by atoms with Crippen molar-refractivity contribution in [2.75, 3.05) is 26.2 Å². The number of nitrogens with zero attached hydrogens (tertiary/aromatic N) is 2. The third-order valence-corrected chi connectivity index (χ3v) is 4.98. The first-order valence-electron chi connectivity index (χ1n) is 8.71. The molecule has 0 radical (unpaired) electrons. The molecule has 5 nitrogen and oxygen atoms in total. The van der Waals surface area contributed by atoms with E-state index in [1.54, 1.807) is 11.0 Å². The smallest absolute Gasteiger partial charge is 0.338 e. The number of carbonyl (C=O) groups is 2. The van der Waals surface area contributed by atoms with Gasteiger partial charge < -0.3 is 15.1 Å². The van der Waals surface area contributed by atoms with Gasteiger partial charge in [-0.15, -0.1) is 0 Å². The minimum absolute atomic E-state index is 0.0427. The second kappa shape index (κ2) is 7.26. The average Bonchev–Trinajstić information content (AvgIpc) is 2.95. The van der Waals surface area contributed by atoms with E-state index in [0.29, 0.717) is 12.1 Å². The highest BCUT2D eigenvalue weighted by molar-refractivity contribution is 5.89. The second-order valence-corrected chi connectivity index (χ2v) is 6.96. The molecule has 2 aliphatic rings. The SMILES string of the molecule is C[C@H]1CNCCN1C(=O)C1CC(=O)N(Cc2cccc(C(F)(F)F)c2)C1. The number of piperazine rings is 1. The first-order chi connectivity index (χ1) is 12.3. The van der Waals surface area contributed by atoms with Crippen LogP contribution in [0, 0.1) is 5.92 Å². The Labute approximate surface area is 150 Å². The van der Waals surface area contributed by atoms with Crippen LogP contribution in [0.25, 0.3) is 0 Å². The van der Waals surface area contributed by atoms with Crippen molar-refractivity contribution in [1.82, 2.24) is 15.1 Å². The fourth-order valence-electron chi connectivity index (χ4n) is 3.56. The highest BCUT2D eigenvalue weighted by atomic mass is 19.4. The summed E-state index contributed by atoms with van der Waals surface area (Å²) in [5.41, 5.74) is -0.319. The van der Waals surface area contributed by atoms with Crippen LogP contribution in [0.5, 0.6) is 0 Å². The van der Waals surface area contributed by atoms with E-state index in [-0.39, 0.29) is 37.4 Å². The summed E-state index contributed by atoms with van der Waals surface area (Å²) in [6.45, 7) is 4.36. The lowest BCUT2D eigenvalue weighted by Crippen LogP contribution is -2.54. The molecule has 2 saturated heterocycles. The number of likely N-dealkylation sites (tertiary alicyclic amines) is 1. The molecule has 1 aromatic rings. The molecule has 26 heavy (non-hydrogen) atoms. The van der Waals surface area contributed by atoms with Crippen LogP contribution in [0.1, 0.15) is 24.5 Å². The zero-order valence-corrected chi connectivity index (χ0v) is 14.6. The number of benzene rings is 1. The van der Waals surface area contributed by atoms with Crippen LogP contribution in [0.2, 0.25) is 0 Å². The first kappa shape index (κ1) is 18.7. The van der Waals surface area contributed by atoms with Gasteiger partial charge in [-0.1, -0.05) is 12.1 Å². The molecule has 2 heterocycles. The Balaban J connectivity index is 1.66. The number of amides is 2. The van der Waals surface area contributed by atoms with E-state index in [0.717, 1.165) is 25.2 Å². The van der Waals surface area contributed by atoms with Gasteiger partial charge in [0.2, 0.25) is 11.8 Å². The highest BCUT2D eigenvalue weighted by Gasteiger charge is 2.38. The molecule has 1 N–H and O–H groups in total. The van der Waals surface area contributed by atoms with Crippen molar-refractivity contribution in [3.05, 3.63) is 35.4 Å². The molecule has 1 aromatic carbocycles. The van der Waals surface area contributed by atoms with Gasteiger partial charge in [-0.25, -0.2) is 0 Å². The van der Waals surface area contributed by atoms with E-state index < -0.39 is 17.7 Å². The van der Waals surface area contributed by atoms with Gasteiger partial charge >= 0.3 is 6.18 Å². The van der Waals surface area contributed by atoms with Gasteiger partial charge in [-0.3, -0.25) is 9.59 Å². The van der Waals surface area contributed by atoms with Crippen LogP contribution in [-0.4, -0.2) is 53.8 Å². The standard InChI is InChI=1S/C18H22F3N3O2/c1-12-9-22-5-6-24(12)17(26)14-8-16(25)23(11-14)10-13-3-2-4-15(7-13)18(19,20)21/h2-4,7,12,14,22H,5-6,8-11H2,1H3/t12-,14?/m0/s1. The summed E-state index contributed by atoms with van der Waals surface area (Å²) in [5, 5.41) is 3.21. The zero-order valence-electron chi connectivity index (χ0n) is 14.6. The van der Waals surface area contributed by atoms with Crippen molar-refractivity contribution in [3.8, 4) is 0 Å². The summed E-state index contributed by atoms with van der Waals surface area (Å²) in [6, 6.07) is 5.04. The largest absolute Gasteiger partial charge is 0.416 e. The van der Waals surface area contributed by atoms with Gasteiger partial charge in [0.15, 0.2) is 0 Å². The van der Waals surface area contributed by atoms with Gasteiger partial charge in [0.1, 0.15) is 0 Å². The Morgan fingerprint density at radius 1 is 1.35 bits per heavy atom. The molecule has 8 heteroatoms. The van der Waals surface area contributed by atoms with E-state index in [4.69, 9.17) is 0 Å². The number of hydrogen-bond donors (Lipinski definition) is 1. The zero-order chi connectivity index (χ0) is 18.9. The van der Waals surface area contributed by atoms with Crippen LogP contribution in [0.3, 0.4) is 0 Å². The molecule has 0 aromatic heterocycles. The Hall–Kier alpha value is -2.09. The Kier molecular flexibility index (Phi) is 5.22. The average molecular weight is 369 g/mol. The molecule has 3 rings (SSSR count). The maximum absolute atomic E-state index is 12.8. The summed E-state index contributed by atoms with van der Waals surface area (Å²) in [6.07, 6.45) is -4.30. The number of carbonyl (C=O) groups excluding carboxylic acids is 2. The van der Waals surface area contributed by atoms with Crippen LogP contribution in [0.4, 0.5) is 13.2 Å². The molecule has 2 amide bonds. The van der Waals surface area contributed by atoms with E-state index in [9.17, 15) is 22.8 Å². The number of hydrogen-bond acceptors (Lipinski definition) is 3. The van der Waals surface area contributed by atoms with Crippen molar-refractivity contribution in [2.24, 2.45) is 5.92 Å². The molecule has 1 unspecified atom stereocenters. The lowest BCUT2D eigenvalue weighted by atomic mass is 10.0. The van der Waals surface area contributed by atoms with Gasteiger partial charge in [0, 0.05) is 45.2 Å². The summed E-state index contributed by atoms with van der Waals surface area (Å²) < 4.78 is 38.5. The molecule has 0 saturated carbocycles.